The number of carboxylic acids is 1. The van der Waals surface area contributed by atoms with Crippen molar-refractivity contribution in [3.05, 3.63) is 0 Å². The quantitative estimate of drug-likeness (QED) is 0.553. The van der Waals surface area contributed by atoms with Crippen LogP contribution < -0.4 is 5.32 Å². The second-order valence-corrected chi connectivity index (χ2v) is 4.67. The molecule has 0 atom stereocenters. The molecule has 0 spiro atoms. The molecule has 2 amide bonds. The molecule has 0 aromatic heterocycles. The topological polar surface area (TPSA) is 88.1 Å². The van der Waals surface area contributed by atoms with Crippen molar-refractivity contribution in [1.82, 2.24) is 10.2 Å². The Hall–Kier alpha value is -1.34. The molecule has 0 saturated carbocycles. The number of nitrogens with one attached hydrogen (secondary N) is 1. The van der Waals surface area contributed by atoms with Gasteiger partial charge in [-0.2, -0.15) is 0 Å². The fraction of sp³-hybridized carbons (Fsp3) is 0.846. The van der Waals surface area contributed by atoms with Crippen LogP contribution in [0.1, 0.15) is 26.7 Å². The number of carboxylic acid groups (broad SMARTS) is 1. The Morgan fingerprint density at radius 1 is 1.25 bits per heavy atom. The number of hydrogen-bond acceptors (Lipinski definition) is 4. The summed E-state index contributed by atoms with van der Waals surface area (Å²) >= 11 is 0. The van der Waals surface area contributed by atoms with Gasteiger partial charge < -0.3 is 24.8 Å². The largest absolute Gasteiger partial charge is 0.480 e. The summed E-state index contributed by atoms with van der Waals surface area (Å²) in [7, 11) is 1.51. The molecule has 20 heavy (non-hydrogen) atoms. The lowest BCUT2D eigenvalue weighted by atomic mass is 10.3. The minimum atomic E-state index is -1.04. The number of unbranched alkanes of at least 4 members (excludes halogenated alkanes) is 1. The zero-order valence-corrected chi connectivity index (χ0v) is 12.6. The smallest absolute Gasteiger partial charge is 0.323 e. The molecule has 0 aromatic carbocycles. The van der Waals surface area contributed by atoms with Crippen molar-refractivity contribution in [2.75, 3.05) is 40.0 Å². The van der Waals surface area contributed by atoms with Gasteiger partial charge in [-0.1, -0.05) is 0 Å². The second-order valence-electron chi connectivity index (χ2n) is 4.67. The molecular formula is C13H26N2O5. The third-order valence-corrected chi connectivity index (χ3v) is 2.48. The first-order chi connectivity index (χ1) is 9.47. The van der Waals surface area contributed by atoms with E-state index in [2.05, 4.69) is 5.32 Å². The number of carbonyl (C=O) groups is 2. The van der Waals surface area contributed by atoms with E-state index in [4.69, 9.17) is 14.6 Å². The van der Waals surface area contributed by atoms with E-state index < -0.39 is 5.97 Å². The molecule has 2 N–H and O–H groups in total. The molecule has 0 unspecified atom stereocenters. The van der Waals surface area contributed by atoms with Crippen LogP contribution in [-0.4, -0.2) is 68.1 Å². The molecule has 0 heterocycles. The number of aliphatic carboxylic acids is 1. The SMILES string of the molecule is COCCN(CC(=O)O)C(=O)NCCCCOC(C)C. The van der Waals surface area contributed by atoms with E-state index >= 15 is 0 Å². The molecule has 0 aromatic rings. The van der Waals surface area contributed by atoms with Gasteiger partial charge in [0.1, 0.15) is 6.54 Å². The summed E-state index contributed by atoms with van der Waals surface area (Å²) in [5, 5.41) is 11.4. The molecule has 0 aliphatic carbocycles. The Kier molecular flexibility index (Phi) is 10.7. The van der Waals surface area contributed by atoms with E-state index in [0.29, 0.717) is 19.8 Å². The Morgan fingerprint density at radius 2 is 1.95 bits per heavy atom. The van der Waals surface area contributed by atoms with E-state index in [0.717, 1.165) is 12.8 Å². The second kappa shape index (κ2) is 11.5. The zero-order chi connectivity index (χ0) is 15.4. The van der Waals surface area contributed by atoms with Gasteiger partial charge in [0.25, 0.3) is 0 Å². The molecular weight excluding hydrogens is 264 g/mol. The first kappa shape index (κ1) is 18.7. The van der Waals surface area contributed by atoms with Gasteiger partial charge in [0.05, 0.1) is 12.7 Å². The van der Waals surface area contributed by atoms with Crippen LogP contribution in [0, 0.1) is 0 Å². The number of carbonyl (C=O) groups excluding carboxylic acids is 1. The first-order valence-electron chi connectivity index (χ1n) is 6.82. The number of methoxy groups -OCH3 is 1. The first-order valence-corrected chi connectivity index (χ1v) is 6.82. The molecule has 118 valence electrons. The fourth-order valence-electron chi connectivity index (χ4n) is 1.47. The predicted octanol–water partition coefficient (Wildman–Crippen LogP) is 0.934. The van der Waals surface area contributed by atoms with Crippen molar-refractivity contribution in [3.8, 4) is 0 Å². The van der Waals surface area contributed by atoms with Crippen LogP contribution >= 0.6 is 0 Å². The lowest BCUT2D eigenvalue weighted by molar-refractivity contribution is -0.137. The van der Waals surface area contributed by atoms with Crippen LogP contribution in [0.3, 0.4) is 0 Å². The minimum Gasteiger partial charge on any atom is -0.480 e. The van der Waals surface area contributed by atoms with Crippen molar-refractivity contribution in [1.29, 1.82) is 0 Å². The number of rotatable bonds is 11. The Bertz CT molecular complexity index is 284. The van der Waals surface area contributed by atoms with Crippen LogP contribution in [0.4, 0.5) is 4.79 Å². The van der Waals surface area contributed by atoms with E-state index in [1.807, 2.05) is 13.8 Å². The van der Waals surface area contributed by atoms with Gasteiger partial charge in [0.2, 0.25) is 0 Å². The Morgan fingerprint density at radius 3 is 2.50 bits per heavy atom. The molecule has 0 rings (SSSR count). The fourth-order valence-corrected chi connectivity index (χ4v) is 1.47. The normalized spacial score (nSPS) is 10.6. The summed E-state index contributed by atoms with van der Waals surface area (Å²) in [6.45, 7) is 5.35. The Labute approximate surface area is 120 Å². The van der Waals surface area contributed by atoms with Gasteiger partial charge in [0, 0.05) is 26.8 Å². The van der Waals surface area contributed by atoms with Crippen LogP contribution in [0.5, 0.6) is 0 Å². The number of urea groups is 1. The van der Waals surface area contributed by atoms with Crippen LogP contribution in [0.25, 0.3) is 0 Å². The maximum atomic E-state index is 11.8. The summed E-state index contributed by atoms with van der Waals surface area (Å²) in [6, 6.07) is -0.380. The van der Waals surface area contributed by atoms with Crippen molar-refractivity contribution in [2.45, 2.75) is 32.8 Å². The lowest BCUT2D eigenvalue weighted by Crippen LogP contribution is -2.44. The molecule has 0 fully saturated rings. The zero-order valence-electron chi connectivity index (χ0n) is 12.6. The molecule has 0 radical (unpaired) electrons. The summed E-state index contributed by atoms with van der Waals surface area (Å²) in [6.07, 6.45) is 1.86. The molecule has 0 aliphatic heterocycles. The highest BCUT2D eigenvalue weighted by molar-refractivity contribution is 5.80. The van der Waals surface area contributed by atoms with E-state index in [-0.39, 0.29) is 25.2 Å². The average Bonchev–Trinajstić information content (AvgIpc) is 2.37. The highest BCUT2D eigenvalue weighted by atomic mass is 16.5. The van der Waals surface area contributed by atoms with Gasteiger partial charge in [-0.05, 0) is 26.7 Å². The van der Waals surface area contributed by atoms with E-state index in [9.17, 15) is 9.59 Å². The number of nitrogens with zero attached hydrogens (tertiary/aromatic N) is 1. The van der Waals surface area contributed by atoms with Gasteiger partial charge in [0.15, 0.2) is 0 Å². The van der Waals surface area contributed by atoms with E-state index in [1.165, 1.54) is 12.0 Å². The van der Waals surface area contributed by atoms with E-state index in [1.54, 1.807) is 0 Å². The maximum Gasteiger partial charge on any atom is 0.323 e. The van der Waals surface area contributed by atoms with Gasteiger partial charge in [-0.25, -0.2) is 4.79 Å². The third kappa shape index (κ3) is 10.6. The van der Waals surface area contributed by atoms with Crippen LogP contribution in [-0.2, 0) is 14.3 Å². The van der Waals surface area contributed by atoms with Gasteiger partial charge in [-0.15, -0.1) is 0 Å². The lowest BCUT2D eigenvalue weighted by Gasteiger charge is -2.20. The van der Waals surface area contributed by atoms with Crippen molar-refractivity contribution in [3.63, 3.8) is 0 Å². The number of amides is 2. The van der Waals surface area contributed by atoms with Crippen LogP contribution in [0.15, 0.2) is 0 Å². The molecule has 7 heteroatoms. The van der Waals surface area contributed by atoms with Gasteiger partial charge in [-0.3, -0.25) is 4.79 Å². The summed E-state index contributed by atoms with van der Waals surface area (Å²) in [4.78, 5) is 23.7. The highest BCUT2D eigenvalue weighted by Gasteiger charge is 2.15. The van der Waals surface area contributed by atoms with Gasteiger partial charge >= 0.3 is 12.0 Å². The third-order valence-electron chi connectivity index (χ3n) is 2.48. The molecule has 0 aliphatic rings. The van der Waals surface area contributed by atoms with Crippen molar-refractivity contribution in [2.24, 2.45) is 0 Å². The number of hydrogen-bond donors (Lipinski definition) is 2. The van der Waals surface area contributed by atoms with Crippen molar-refractivity contribution < 1.29 is 24.2 Å². The maximum absolute atomic E-state index is 11.8. The van der Waals surface area contributed by atoms with Crippen LogP contribution in [0.2, 0.25) is 0 Å². The predicted molar refractivity (Wildman–Crippen MR) is 74.8 cm³/mol. The monoisotopic (exact) mass is 290 g/mol. The highest BCUT2D eigenvalue weighted by Crippen LogP contribution is 1.95. The molecule has 7 nitrogen and oxygen atoms in total. The minimum absolute atomic E-state index is 0.213. The summed E-state index contributed by atoms with van der Waals surface area (Å²) < 4.78 is 10.2. The summed E-state index contributed by atoms with van der Waals surface area (Å²) in [5.74, 6) is -1.04. The standard InChI is InChI=1S/C13H26N2O5/c1-11(2)20-8-5-4-6-14-13(18)15(7-9-19-3)10-12(16)17/h11H,4-10H2,1-3H3,(H,14,18)(H,16,17). The van der Waals surface area contributed by atoms with Crippen molar-refractivity contribution >= 4 is 12.0 Å². The number of ether oxygens (including phenoxy) is 2. The molecule has 0 saturated heterocycles. The Balaban J connectivity index is 3.85. The summed E-state index contributed by atoms with van der Waals surface area (Å²) in [5.41, 5.74) is 0. The average molecular weight is 290 g/mol. The molecule has 0 bridgehead atoms.